The van der Waals surface area contributed by atoms with E-state index in [9.17, 15) is 0 Å². The predicted molar refractivity (Wildman–Crippen MR) is 67.1 cm³/mol. The Bertz CT molecular complexity index is 359. The molecule has 2 nitrogen and oxygen atoms in total. The quantitative estimate of drug-likeness (QED) is 0.872. The third kappa shape index (κ3) is 2.78. The molecule has 0 bridgehead atoms. The van der Waals surface area contributed by atoms with Gasteiger partial charge in [0.1, 0.15) is 11.4 Å². The van der Waals surface area contributed by atoms with Gasteiger partial charge in [-0.1, -0.05) is 18.2 Å². The van der Waals surface area contributed by atoms with Gasteiger partial charge in [-0.05, 0) is 45.3 Å². The topological polar surface area (TPSA) is 21.3 Å². The van der Waals surface area contributed by atoms with E-state index in [2.05, 4.69) is 5.32 Å². The Labute approximate surface area is 102 Å². The van der Waals surface area contributed by atoms with Crippen molar-refractivity contribution in [3.05, 3.63) is 29.8 Å². The molecule has 1 aromatic carbocycles. The first-order valence-electron chi connectivity index (χ1n) is 6.38. The van der Waals surface area contributed by atoms with E-state index >= 15 is 4.39 Å². The molecule has 17 heavy (non-hydrogen) atoms. The second-order valence-electron chi connectivity index (χ2n) is 4.50. The average Bonchev–Trinajstić information content (AvgIpc) is 2.56. The summed E-state index contributed by atoms with van der Waals surface area (Å²) in [7, 11) is 0. The van der Waals surface area contributed by atoms with Crippen molar-refractivity contribution in [3.8, 4) is 5.75 Å². The number of nitrogens with one attached hydrogen (secondary N) is 1. The minimum Gasteiger partial charge on any atom is -0.493 e. The molecule has 3 heteroatoms. The minimum atomic E-state index is -1.24. The summed E-state index contributed by atoms with van der Waals surface area (Å²) in [5.41, 5.74) is -0.527. The lowest BCUT2D eigenvalue weighted by Gasteiger charge is -2.26. The second-order valence-corrected chi connectivity index (χ2v) is 4.50. The fraction of sp³-hybridized carbons (Fsp3) is 0.571. The van der Waals surface area contributed by atoms with E-state index in [4.69, 9.17) is 4.74 Å². The fourth-order valence-corrected chi connectivity index (χ4v) is 2.42. The molecule has 1 unspecified atom stereocenters. The Kier molecular flexibility index (Phi) is 4.00. The van der Waals surface area contributed by atoms with Gasteiger partial charge in [0.2, 0.25) is 0 Å². The number of halogens is 1. The molecular formula is C14H20FNO. The van der Waals surface area contributed by atoms with Crippen LogP contribution in [0.1, 0.15) is 31.7 Å². The maximum atomic E-state index is 15.0. The SMILES string of the molecule is CCOc1ccccc1C1(F)CCCNCC1. The number of para-hydroxylation sites is 1. The maximum absolute atomic E-state index is 15.0. The van der Waals surface area contributed by atoms with E-state index < -0.39 is 5.67 Å². The minimum absolute atomic E-state index is 0.525. The van der Waals surface area contributed by atoms with Crippen molar-refractivity contribution >= 4 is 0 Å². The van der Waals surface area contributed by atoms with E-state index in [-0.39, 0.29) is 0 Å². The molecule has 0 aliphatic carbocycles. The van der Waals surface area contributed by atoms with Crippen LogP contribution in [0.5, 0.6) is 5.75 Å². The molecule has 1 aromatic rings. The maximum Gasteiger partial charge on any atom is 0.140 e. The molecule has 94 valence electrons. The molecule has 0 radical (unpaired) electrons. The van der Waals surface area contributed by atoms with Crippen molar-refractivity contribution in [2.24, 2.45) is 0 Å². The number of alkyl halides is 1. The van der Waals surface area contributed by atoms with Crippen LogP contribution in [0, 0.1) is 0 Å². The average molecular weight is 237 g/mol. The zero-order valence-corrected chi connectivity index (χ0v) is 10.3. The van der Waals surface area contributed by atoms with Gasteiger partial charge >= 0.3 is 0 Å². The summed E-state index contributed by atoms with van der Waals surface area (Å²) < 4.78 is 20.6. The van der Waals surface area contributed by atoms with Crippen LogP contribution in [0.3, 0.4) is 0 Å². The van der Waals surface area contributed by atoms with Crippen LogP contribution in [-0.2, 0) is 5.67 Å². The Morgan fingerprint density at radius 2 is 2.12 bits per heavy atom. The van der Waals surface area contributed by atoms with Crippen LogP contribution in [0.25, 0.3) is 0 Å². The summed E-state index contributed by atoms with van der Waals surface area (Å²) in [4.78, 5) is 0. The van der Waals surface area contributed by atoms with Gasteiger partial charge in [-0.15, -0.1) is 0 Å². The van der Waals surface area contributed by atoms with Crippen molar-refractivity contribution in [2.75, 3.05) is 19.7 Å². The first kappa shape index (κ1) is 12.4. The highest BCUT2D eigenvalue weighted by Gasteiger charge is 2.34. The smallest absolute Gasteiger partial charge is 0.140 e. The third-order valence-corrected chi connectivity index (χ3v) is 3.29. The Morgan fingerprint density at radius 1 is 1.29 bits per heavy atom. The summed E-state index contributed by atoms with van der Waals surface area (Å²) in [5.74, 6) is 0.694. The summed E-state index contributed by atoms with van der Waals surface area (Å²) in [6, 6.07) is 7.50. The second kappa shape index (κ2) is 5.50. The van der Waals surface area contributed by atoms with Gasteiger partial charge in [0, 0.05) is 5.56 Å². The highest BCUT2D eigenvalue weighted by Crippen LogP contribution is 2.40. The van der Waals surface area contributed by atoms with Crippen molar-refractivity contribution < 1.29 is 9.13 Å². The summed E-state index contributed by atoms with van der Waals surface area (Å²) >= 11 is 0. The van der Waals surface area contributed by atoms with Crippen LogP contribution in [0.4, 0.5) is 4.39 Å². The van der Waals surface area contributed by atoms with E-state index in [1.165, 1.54) is 0 Å². The third-order valence-electron chi connectivity index (χ3n) is 3.29. The van der Waals surface area contributed by atoms with E-state index in [0.717, 1.165) is 19.5 Å². The number of hydrogen-bond donors (Lipinski definition) is 1. The van der Waals surface area contributed by atoms with E-state index in [1.54, 1.807) is 0 Å². The molecule has 1 aliphatic rings. The number of hydrogen-bond acceptors (Lipinski definition) is 2. The summed E-state index contributed by atoms with van der Waals surface area (Å²) in [6.45, 7) is 4.14. The molecule has 1 N–H and O–H groups in total. The molecule has 1 fully saturated rings. The van der Waals surface area contributed by atoms with Crippen LogP contribution in [-0.4, -0.2) is 19.7 Å². The van der Waals surface area contributed by atoms with Gasteiger partial charge in [-0.3, -0.25) is 0 Å². The summed E-state index contributed by atoms with van der Waals surface area (Å²) in [6.07, 6.45) is 1.97. The molecule has 2 rings (SSSR count). The standard InChI is InChI=1S/C14H20FNO/c1-2-17-13-7-4-3-6-12(13)14(15)8-5-10-16-11-9-14/h3-4,6-7,16H,2,5,8-11H2,1H3. The van der Waals surface area contributed by atoms with Crippen molar-refractivity contribution in [3.63, 3.8) is 0 Å². The molecule has 1 heterocycles. The van der Waals surface area contributed by atoms with Gasteiger partial charge < -0.3 is 10.1 Å². The highest BCUT2D eigenvalue weighted by molar-refractivity contribution is 5.38. The fourth-order valence-electron chi connectivity index (χ4n) is 2.42. The van der Waals surface area contributed by atoms with Gasteiger partial charge in [-0.25, -0.2) is 4.39 Å². The molecular weight excluding hydrogens is 217 g/mol. The molecule has 0 aromatic heterocycles. The lowest BCUT2D eigenvalue weighted by atomic mass is 9.88. The molecule has 1 saturated heterocycles. The highest BCUT2D eigenvalue weighted by atomic mass is 19.1. The van der Waals surface area contributed by atoms with Crippen LogP contribution < -0.4 is 10.1 Å². The first-order chi connectivity index (χ1) is 8.26. The van der Waals surface area contributed by atoms with E-state index in [0.29, 0.717) is 30.8 Å². The lowest BCUT2D eigenvalue weighted by molar-refractivity contribution is 0.138. The zero-order valence-electron chi connectivity index (χ0n) is 10.3. The Balaban J connectivity index is 2.29. The van der Waals surface area contributed by atoms with Gasteiger partial charge in [0.15, 0.2) is 0 Å². The predicted octanol–water partition coefficient (Wildman–Crippen LogP) is 3.02. The lowest BCUT2D eigenvalue weighted by Crippen LogP contribution is -2.23. The number of rotatable bonds is 3. The Morgan fingerprint density at radius 3 is 2.94 bits per heavy atom. The Hall–Kier alpha value is -1.09. The molecule has 1 aliphatic heterocycles. The van der Waals surface area contributed by atoms with Gasteiger partial charge in [-0.2, -0.15) is 0 Å². The van der Waals surface area contributed by atoms with Crippen LogP contribution in [0.2, 0.25) is 0 Å². The van der Waals surface area contributed by atoms with Crippen molar-refractivity contribution in [1.29, 1.82) is 0 Å². The number of ether oxygens (including phenoxy) is 1. The molecule has 0 amide bonds. The molecule has 0 spiro atoms. The molecule has 1 atom stereocenters. The monoisotopic (exact) mass is 237 g/mol. The van der Waals surface area contributed by atoms with Crippen LogP contribution >= 0.6 is 0 Å². The molecule has 0 saturated carbocycles. The van der Waals surface area contributed by atoms with E-state index in [1.807, 2.05) is 31.2 Å². The number of benzene rings is 1. The van der Waals surface area contributed by atoms with Crippen molar-refractivity contribution in [1.82, 2.24) is 5.32 Å². The summed E-state index contributed by atoms with van der Waals surface area (Å²) in [5, 5.41) is 3.24. The normalized spacial score (nSPS) is 25.3. The van der Waals surface area contributed by atoms with Crippen molar-refractivity contribution in [2.45, 2.75) is 31.9 Å². The zero-order chi connectivity index (χ0) is 12.1. The van der Waals surface area contributed by atoms with Gasteiger partial charge in [0.05, 0.1) is 6.61 Å². The van der Waals surface area contributed by atoms with Crippen LogP contribution in [0.15, 0.2) is 24.3 Å². The largest absolute Gasteiger partial charge is 0.493 e. The first-order valence-corrected chi connectivity index (χ1v) is 6.38. The van der Waals surface area contributed by atoms with Gasteiger partial charge in [0.25, 0.3) is 0 Å².